The summed E-state index contributed by atoms with van der Waals surface area (Å²) in [6.07, 6.45) is 2.31. The number of alkyl carbamates (subject to hydrolysis) is 1. The first-order valence-electron chi connectivity index (χ1n) is 4.38. The van der Waals surface area contributed by atoms with E-state index in [-0.39, 0.29) is 12.2 Å². The van der Waals surface area contributed by atoms with Gasteiger partial charge in [0.1, 0.15) is 6.10 Å². The van der Waals surface area contributed by atoms with Gasteiger partial charge in [0, 0.05) is 0 Å². The fraction of sp³-hybridized carbons (Fsp3) is 0.875. The third kappa shape index (κ3) is 1.68. The number of carbonyl (C=O) groups excluding carboxylic acids is 1. The van der Waals surface area contributed by atoms with Gasteiger partial charge in [0.15, 0.2) is 0 Å². The minimum absolute atomic E-state index is 0.151. The molecule has 0 aliphatic carbocycles. The Balaban J connectivity index is 1.86. The molecule has 3 nitrogen and oxygen atoms in total. The second-order valence-electron chi connectivity index (χ2n) is 3.27. The molecule has 2 heterocycles. The van der Waals surface area contributed by atoms with Crippen molar-refractivity contribution in [3.05, 3.63) is 0 Å². The molecule has 2 saturated heterocycles. The highest BCUT2D eigenvalue weighted by molar-refractivity contribution is 7.99. The van der Waals surface area contributed by atoms with Crippen LogP contribution in [0.1, 0.15) is 12.8 Å². The summed E-state index contributed by atoms with van der Waals surface area (Å²) in [4.78, 5) is 10.8. The van der Waals surface area contributed by atoms with Crippen LogP contribution in [0.2, 0.25) is 0 Å². The van der Waals surface area contributed by atoms with E-state index in [0.29, 0.717) is 12.5 Å². The highest BCUT2D eigenvalue weighted by Gasteiger charge is 2.31. The predicted octanol–water partition coefficient (Wildman–Crippen LogP) is 1.24. The summed E-state index contributed by atoms with van der Waals surface area (Å²) in [5.74, 6) is 3.04. The average molecular weight is 187 g/mol. The Morgan fingerprint density at radius 2 is 2.17 bits per heavy atom. The van der Waals surface area contributed by atoms with E-state index in [1.165, 1.54) is 24.3 Å². The van der Waals surface area contributed by atoms with Gasteiger partial charge in [-0.05, 0) is 30.3 Å². The van der Waals surface area contributed by atoms with Crippen molar-refractivity contribution in [3.8, 4) is 0 Å². The summed E-state index contributed by atoms with van der Waals surface area (Å²) in [6, 6.07) is 0. The topological polar surface area (TPSA) is 38.3 Å². The van der Waals surface area contributed by atoms with Crippen LogP contribution in [-0.2, 0) is 4.74 Å². The summed E-state index contributed by atoms with van der Waals surface area (Å²) in [7, 11) is 0. The van der Waals surface area contributed by atoms with E-state index >= 15 is 0 Å². The number of amides is 1. The molecule has 68 valence electrons. The first kappa shape index (κ1) is 8.23. The summed E-state index contributed by atoms with van der Waals surface area (Å²) < 4.78 is 5.14. The molecular formula is C8H13NO2S. The molecule has 0 aromatic rings. The molecule has 0 bridgehead atoms. The highest BCUT2D eigenvalue weighted by Crippen LogP contribution is 2.27. The van der Waals surface area contributed by atoms with Crippen molar-refractivity contribution < 1.29 is 9.53 Å². The standard InChI is InChI=1S/C8H13NO2S/c10-8-9-5-7(11-8)6-1-3-12-4-2-6/h6-7H,1-5H2,(H,9,10). The van der Waals surface area contributed by atoms with E-state index < -0.39 is 0 Å². The van der Waals surface area contributed by atoms with Crippen LogP contribution in [0.4, 0.5) is 4.79 Å². The third-order valence-corrected chi connectivity index (χ3v) is 3.55. The van der Waals surface area contributed by atoms with Crippen LogP contribution < -0.4 is 5.32 Å². The van der Waals surface area contributed by atoms with E-state index in [1.807, 2.05) is 11.8 Å². The second-order valence-corrected chi connectivity index (χ2v) is 4.50. The number of carbonyl (C=O) groups is 1. The third-order valence-electron chi connectivity index (χ3n) is 2.50. The van der Waals surface area contributed by atoms with E-state index in [0.717, 1.165) is 0 Å². The van der Waals surface area contributed by atoms with Crippen LogP contribution in [0.5, 0.6) is 0 Å². The lowest BCUT2D eigenvalue weighted by atomic mass is 9.96. The molecule has 0 aromatic carbocycles. The molecule has 2 fully saturated rings. The molecule has 0 aromatic heterocycles. The van der Waals surface area contributed by atoms with Gasteiger partial charge < -0.3 is 10.1 Å². The summed E-state index contributed by atoms with van der Waals surface area (Å²) in [5.41, 5.74) is 0. The van der Waals surface area contributed by atoms with Gasteiger partial charge >= 0.3 is 6.09 Å². The monoisotopic (exact) mass is 187 g/mol. The lowest BCUT2D eigenvalue weighted by molar-refractivity contribution is 0.101. The maximum absolute atomic E-state index is 10.8. The van der Waals surface area contributed by atoms with Gasteiger partial charge in [0.2, 0.25) is 0 Å². The SMILES string of the molecule is O=C1NCC(C2CCSCC2)O1. The van der Waals surface area contributed by atoms with E-state index in [2.05, 4.69) is 5.32 Å². The molecule has 1 unspecified atom stereocenters. The average Bonchev–Trinajstić information content (AvgIpc) is 2.54. The summed E-state index contributed by atoms with van der Waals surface area (Å²) in [5, 5.41) is 2.70. The second kappa shape index (κ2) is 3.56. The Kier molecular flexibility index (Phi) is 2.44. The molecule has 0 saturated carbocycles. The van der Waals surface area contributed by atoms with Gasteiger partial charge in [0.05, 0.1) is 6.54 Å². The zero-order chi connectivity index (χ0) is 8.39. The molecule has 0 radical (unpaired) electrons. The van der Waals surface area contributed by atoms with Crippen molar-refractivity contribution in [3.63, 3.8) is 0 Å². The Labute approximate surface area is 76.2 Å². The largest absolute Gasteiger partial charge is 0.444 e. The maximum Gasteiger partial charge on any atom is 0.407 e. The minimum Gasteiger partial charge on any atom is -0.444 e. The highest BCUT2D eigenvalue weighted by atomic mass is 32.2. The van der Waals surface area contributed by atoms with Crippen molar-refractivity contribution in [2.75, 3.05) is 18.1 Å². The van der Waals surface area contributed by atoms with Crippen molar-refractivity contribution in [1.29, 1.82) is 0 Å². The number of ether oxygens (including phenoxy) is 1. The quantitative estimate of drug-likeness (QED) is 0.671. The van der Waals surface area contributed by atoms with Gasteiger partial charge in [-0.3, -0.25) is 0 Å². The number of cyclic esters (lactones) is 1. The Bertz CT molecular complexity index is 180. The molecule has 2 aliphatic heterocycles. The summed E-state index contributed by atoms with van der Waals surface area (Å²) in [6.45, 7) is 0.716. The molecule has 0 spiro atoms. The van der Waals surface area contributed by atoms with Crippen LogP contribution in [-0.4, -0.2) is 30.2 Å². The minimum atomic E-state index is -0.238. The van der Waals surface area contributed by atoms with Crippen LogP contribution >= 0.6 is 11.8 Å². The molecular weight excluding hydrogens is 174 g/mol. The van der Waals surface area contributed by atoms with E-state index in [9.17, 15) is 4.79 Å². The van der Waals surface area contributed by atoms with E-state index in [4.69, 9.17) is 4.74 Å². The number of hydrogen-bond acceptors (Lipinski definition) is 3. The van der Waals surface area contributed by atoms with Crippen molar-refractivity contribution in [1.82, 2.24) is 5.32 Å². The lowest BCUT2D eigenvalue weighted by Crippen LogP contribution is -2.27. The smallest absolute Gasteiger partial charge is 0.407 e. The fourth-order valence-corrected chi connectivity index (χ4v) is 2.90. The normalized spacial score (nSPS) is 31.3. The first-order chi connectivity index (χ1) is 5.86. The van der Waals surface area contributed by atoms with Crippen molar-refractivity contribution in [2.24, 2.45) is 5.92 Å². The van der Waals surface area contributed by atoms with Gasteiger partial charge in [-0.2, -0.15) is 11.8 Å². The van der Waals surface area contributed by atoms with Crippen LogP contribution in [0.15, 0.2) is 0 Å². The zero-order valence-electron chi connectivity index (χ0n) is 6.91. The number of rotatable bonds is 1. The molecule has 4 heteroatoms. The van der Waals surface area contributed by atoms with Crippen LogP contribution in [0.3, 0.4) is 0 Å². The maximum atomic E-state index is 10.8. The molecule has 12 heavy (non-hydrogen) atoms. The first-order valence-corrected chi connectivity index (χ1v) is 5.54. The Morgan fingerprint density at radius 3 is 2.75 bits per heavy atom. The van der Waals surface area contributed by atoms with Crippen LogP contribution in [0, 0.1) is 5.92 Å². The van der Waals surface area contributed by atoms with Gasteiger partial charge in [-0.25, -0.2) is 4.79 Å². The number of nitrogens with one attached hydrogen (secondary N) is 1. The predicted molar refractivity (Wildman–Crippen MR) is 48.3 cm³/mol. The summed E-state index contributed by atoms with van der Waals surface area (Å²) >= 11 is 2.00. The van der Waals surface area contributed by atoms with Crippen molar-refractivity contribution in [2.45, 2.75) is 18.9 Å². The molecule has 2 aliphatic rings. The molecule has 2 rings (SSSR count). The van der Waals surface area contributed by atoms with Gasteiger partial charge in [-0.1, -0.05) is 0 Å². The number of hydrogen-bond donors (Lipinski definition) is 1. The lowest BCUT2D eigenvalue weighted by Gasteiger charge is -2.24. The molecule has 1 atom stereocenters. The molecule has 1 N–H and O–H groups in total. The van der Waals surface area contributed by atoms with Crippen LogP contribution in [0.25, 0.3) is 0 Å². The zero-order valence-corrected chi connectivity index (χ0v) is 7.73. The molecule has 1 amide bonds. The van der Waals surface area contributed by atoms with Gasteiger partial charge in [-0.15, -0.1) is 0 Å². The van der Waals surface area contributed by atoms with Crippen molar-refractivity contribution >= 4 is 17.9 Å². The fourth-order valence-electron chi connectivity index (χ4n) is 1.76. The Morgan fingerprint density at radius 1 is 1.42 bits per heavy atom. The number of thioether (sulfide) groups is 1. The Hall–Kier alpha value is -0.380. The van der Waals surface area contributed by atoms with E-state index in [1.54, 1.807) is 0 Å². The van der Waals surface area contributed by atoms with Gasteiger partial charge in [0.25, 0.3) is 0 Å².